The molecule has 3 aromatic rings. The molecule has 0 aliphatic rings. The zero-order valence-electron chi connectivity index (χ0n) is 20.7. The lowest BCUT2D eigenvalue weighted by Gasteiger charge is -2.19. The van der Waals surface area contributed by atoms with Crippen molar-refractivity contribution >= 4 is 60.6 Å². The van der Waals surface area contributed by atoms with Crippen molar-refractivity contribution in [2.75, 3.05) is 23.3 Å². The van der Waals surface area contributed by atoms with E-state index in [2.05, 4.69) is 33.5 Å². The molecule has 10 heteroatoms. The molecule has 0 atom stereocenters. The second kappa shape index (κ2) is 13.6. The smallest absolute Gasteiger partial charge is 0.264 e. The fourth-order valence-electron chi connectivity index (χ4n) is 3.45. The Hall–Kier alpha value is -2.95. The van der Waals surface area contributed by atoms with Gasteiger partial charge in [0.05, 0.1) is 21.7 Å². The molecular weight excluding hydrogens is 574 g/mol. The van der Waals surface area contributed by atoms with Crippen molar-refractivity contribution in [2.45, 2.75) is 37.5 Å². The van der Waals surface area contributed by atoms with Crippen molar-refractivity contribution in [1.82, 2.24) is 5.32 Å². The van der Waals surface area contributed by atoms with Crippen molar-refractivity contribution in [3.8, 4) is 5.75 Å². The Morgan fingerprint density at radius 2 is 1.70 bits per heavy atom. The SMILES string of the molecule is CCCCCCOc1ccc(C(=O)NC(=S)Nc2ccc(S(=O)(=O)N(C)c3ccccc3)cc2)cc1Br. The van der Waals surface area contributed by atoms with E-state index in [-0.39, 0.29) is 15.9 Å². The number of carbonyl (C=O) groups excluding carboxylic acids is 1. The highest BCUT2D eigenvalue weighted by Crippen LogP contribution is 2.26. The number of thiocarbonyl (C=S) groups is 1. The molecule has 0 saturated heterocycles. The van der Waals surface area contributed by atoms with Gasteiger partial charge in [0.15, 0.2) is 5.11 Å². The van der Waals surface area contributed by atoms with Gasteiger partial charge in [-0.05, 0) is 89.2 Å². The van der Waals surface area contributed by atoms with E-state index in [0.717, 1.165) is 12.8 Å². The van der Waals surface area contributed by atoms with Crippen molar-refractivity contribution < 1.29 is 17.9 Å². The van der Waals surface area contributed by atoms with E-state index in [0.29, 0.717) is 33.8 Å². The number of hydrogen-bond acceptors (Lipinski definition) is 5. The average molecular weight is 605 g/mol. The average Bonchev–Trinajstić information content (AvgIpc) is 2.89. The Morgan fingerprint density at radius 3 is 2.35 bits per heavy atom. The maximum absolute atomic E-state index is 12.9. The van der Waals surface area contributed by atoms with Crippen LogP contribution in [0.3, 0.4) is 0 Å². The van der Waals surface area contributed by atoms with Crippen LogP contribution in [0.25, 0.3) is 0 Å². The molecule has 37 heavy (non-hydrogen) atoms. The molecular formula is C27H30BrN3O4S2. The van der Waals surface area contributed by atoms with E-state index in [1.807, 2.05) is 6.07 Å². The first kappa shape index (κ1) is 28.6. The standard InChI is InChI=1S/C27H30BrN3O4S2/c1-3-4-5-9-18-35-25-17-12-20(19-24(25)28)26(32)30-27(36)29-21-13-15-23(16-14-21)37(33,34)31(2)22-10-7-6-8-11-22/h6-8,10-17,19H,3-5,9,18H2,1-2H3,(H2,29,30,32,36). The third kappa shape index (κ3) is 8.02. The van der Waals surface area contributed by atoms with Gasteiger partial charge in [-0.3, -0.25) is 14.4 Å². The Labute approximate surface area is 232 Å². The van der Waals surface area contributed by atoms with Crippen LogP contribution in [0.15, 0.2) is 82.2 Å². The molecule has 0 fully saturated rings. The molecule has 0 radical (unpaired) electrons. The number of nitrogens with one attached hydrogen (secondary N) is 2. The summed E-state index contributed by atoms with van der Waals surface area (Å²) in [6.07, 6.45) is 4.47. The Morgan fingerprint density at radius 1 is 1.00 bits per heavy atom. The van der Waals surface area contributed by atoms with Crippen LogP contribution in [0, 0.1) is 0 Å². The second-order valence-corrected chi connectivity index (χ2v) is 11.5. The highest BCUT2D eigenvalue weighted by Gasteiger charge is 2.21. The number of rotatable bonds is 11. The first-order valence-electron chi connectivity index (χ1n) is 11.9. The monoisotopic (exact) mass is 603 g/mol. The number of unbranched alkanes of at least 4 members (excludes halogenated alkanes) is 3. The van der Waals surface area contributed by atoms with Crippen molar-refractivity contribution in [2.24, 2.45) is 0 Å². The summed E-state index contributed by atoms with van der Waals surface area (Å²) in [6.45, 7) is 2.79. The minimum atomic E-state index is -3.72. The molecule has 0 spiro atoms. The van der Waals surface area contributed by atoms with Crippen LogP contribution in [-0.4, -0.2) is 33.1 Å². The van der Waals surface area contributed by atoms with Gasteiger partial charge < -0.3 is 10.1 Å². The summed E-state index contributed by atoms with van der Waals surface area (Å²) in [4.78, 5) is 12.8. The van der Waals surface area contributed by atoms with E-state index < -0.39 is 10.0 Å². The summed E-state index contributed by atoms with van der Waals surface area (Å²) in [5, 5.41) is 5.64. The second-order valence-electron chi connectivity index (χ2n) is 8.30. The van der Waals surface area contributed by atoms with Gasteiger partial charge in [-0.15, -0.1) is 0 Å². The number of anilines is 2. The molecule has 0 aliphatic heterocycles. The fraction of sp³-hybridized carbons (Fsp3) is 0.259. The molecule has 3 rings (SSSR count). The van der Waals surface area contributed by atoms with E-state index in [4.69, 9.17) is 17.0 Å². The summed E-state index contributed by atoms with van der Waals surface area (Å²) in [6, 6.07) is 20.1. The highest BCUT2D eigenvalue weighted by molar-refractivity contribution is 9.10. The molecule has 0 aromatic heterocycles. The first-order valence-corrected chi connectivity index (χ1v) is 14.5. The number of nitrogens with zero attached hydrogens (tertiary/aromatic N) is 1. The molecule has 0 heterocycles. The van der Waals surface area contributed by atoms with Gasteiger partial charge in [0.25, 0.3) is 15.9 Å². The predicted octanol–water partition coefficient (Wildman–Crippen LogP) is 6.36. The molecule has 0 saturated carbocycles. The van der Waals surface area contributed by atoms with Crippen molar-refractivity contribution in [3.05, 3.63) is 82.8 Å². The quantitative estimate of drug-likeness (QED) is 0.196. The summed E-state index contributed by atoms with van der Waals surface area (Å²) < 4.78 is 33.6. The van der Waals surface area contributed by atoms with Gasteiger partial charge in [0, 0.05) is 18.3 Å². The highest BCUT2D eigenvalue weighted by atomic mass is 79.9. The third-order valence-electron chi connectivity index (χ3n) is 5.57. The normalized spacial score (nSPS) is 11.0. The number of benzene rings is 3. The van der Waals surface area contributed by atoms with E-state index in [9.17, 15) is 13.2 Å². The van der Waals surface area contributed by atoms with Crippen molar-refractivity contribution in [1.29, 1.82) is 0 Å². The van der Waals surface area contributed by atoms with E-state index >= 15 is 0 Å². The third-order valence-corrected chi connectivity index (χ3v) is 8.19. The topological polar surface area (TPSA) is 87.7 Å². The Bertz CT molecular complexity index is 1320. The number of carbonyl (C=O) groups is 1. The Balaban J connectivity index is 1.56. The van der Waals surface area contributed by atoms with Crippen LogP contribution in [0.2, 0.25) is 0 Å². The zero-order valence-corrected chi connectivity index (χ0v) is 24.0. The van der Waals surface area contributed by atoms with Gasteiger partial charge in [0.2, 0.25) is 0 Å². The van der Waals surface area contributed by atoms with E-state index in [1.165, 1.54) is 36.3 Å². The van der Waals surface area contributed by atoms with Gasteiger partial charge in [0.1, 0.15) is 5.75 Å². The van der Waals surface area contributed by atoms with Crippen LogP contribution in [0.4, 0.5) is 11.4 Å². The van der Waals surface area contributed by atoms with Crippen LogP contribution < -0.4 is 19.7 Å². The van der Waals surface area contributed by atoms with Gasteiger partial charge in [-0.2, -0.15) is 0 Å². The summed E-state index contributed by atoms with van der Waals surface area (Å²) in [5.74, 6) is 0.304. The van der Waals surface area contributed by atoms with Gasteiger partial charge >= 0.3 is 0 Å². The van der Waals surface area contributed by atoms with Crippen LogP contribution in [0.5, 0.6) is 5.75 Å². The minimum Gasteiger partial charge on any atom is -0.492 e. The number of ether oxygens (including phenoxy) is 1. The fourth-order valence-corrected chi connectivity index (χ4v) is 5.35. The summed E-state index contributed by atoms with van der Waals surface area (Å²) >= 11 is 8.73. The Kier molecular flexibility index (Phi) is 10.5. The van der Waals surface area contributed by atoms with Crippen molar-refractivity contribution in [3.63, 3.8) is 0 Å². The molecule has 2 N–H and O–H groups in total. The van der Waals surface area contributed by atoms with Crippen LogP contribution in [0.1, 0.15) is 43.0 Å². The summed E-state index contributed by atoms with van der Waals surface area (Å²) in [7, 11) is -2.22. The minimum absolute atomic E-state index is 0.0920. The largest absolute Gasteiger partial charge is 0.492 e. The molecule has 0 unspecified atom stereocenters. The number of hydrogen-bond donors (Lipinski definition) is 2. The molecule has 1 amide bonds. The number of para-hydroxylation sites is 1. The lowest BCUT2D eigenvalue weighted by atomic mass is 10.2. The molecule has 0 bridgehead atoms. The van der Waals surface area contributed by atoms with Crippen LogP contribution >= 0.6 is 28.1 Å². The molecule has 7 nitrogen and oxygen atoms in total. The summed E-state index contributed by atoms with van der Waals surface area (Å²) in [5.41, 5.74) is 1.52. The predicted molar refractivity (Wildman–Crippen MR) is 156 cm³/mol. The van der Waals surface area contributed by atoms with Crippen LogP contribution in [-0.2, 0) is 10.0 Å². The first-order chi connectivity index (χ1) is 17.7. The van der Waals surface area contributed by atoms with Gasteiger partial charge in [-0.1, -0.05) is 44.4 Å². The van der Waals surface area contributed by atoms with Gasteiger partial charge in [-0.25, -0.2) is 8.42 Å². The zero-order chi connectivity index (χ0) is 26.8. The maximum atomic E-state index is 12.9. The number of amides is 1. The lowest BCUT2D eigenvalue weighted by Crippen LogP contribution is -2.34. The number of sulfonamides is 1. The van der Waals surface area contributed by atoms with E-state index in [1.54, 1.807) is 54.6 Å². The molecule has 3 aromatic carbocycles. The molecule has 0 aliphatic carbocycles. The maximum Gasteiger partial charge on any atom is 0.264 e. The molecule has 196 valence electrons. The lowest BCUT2D eigenvalue weighted by molar-refractivity contribution is 0.0977. The number of halogens is 1.